The number of aliphatic hydroxyl groups is 1. The van der Waals surface area contributed by atoms with Crippen LogP contribution in [-0.2, 0) is 4.74 Å². The molecule has 1 aliphatic heterocycles. The summed E-state index contributed by atoms with van der Waals surface area (Å²) in [5.74, 6) is -3.34. The zero-order valence-corrected chi connectivity index (χ0v) is 17.0. The van der Waals surface area contributed by atoms with Gasteiger partial charge in [0, 0.05) is 19.0 Å². The highest BCUT2D eigenvalue weighted by atomic mass is 19.3. The number of piperidine rings is 1. The molecule has 8 heteroatoms. The van der Waals surface area contributed by atoms with Crippen molar-refractivity contribution in [2.45, 2.75) is 75.7 Å². The molecule has 162 valence electrons. The molecule has 0 aromatic heterocycles. The predicted octanol–water partition coefficient (Wildman–Crippen LogP) is 3.67. The van der Waals surface area contributed by atoms with Crippen LogP contribution in [0, 0.1) is 5.82 Å². The maximum absolute atomic E-state index is 14.4. The van der Waals surface area contributed by atoms with E-state index < -0.39 is 48.8 Å². The third kappa shape index (κ3) is 5.85. The second-order valence-electron chi connectivity index (χ2n) is 9.19. The third-order valence-electron chi connectivity index (χ3n) is 5.46. The van der Waals surface area contributed by atoms with Gasteiger partial charge in [0.25, 0.3) is 5.92 Å². The first-order valence-electron chi connectivity index (χ1n) is 9.97. The number of hydrogen-bond acceptors (Lipinski definition) is 4. The first-order valence-corrected chi connectivity index (χ1v) is 9.97. The largest absolute Gasteiger partial charge is 0.444 e. The second-order valence-corrected chi connectivity index (χ2v) is 9.19. The molecule has 5 nitrogen and oxygen atoms in total. The van der Waals surface area contributed by atoms with Crippen LogP contribution in [0.25, 0.3) is 0 Å². The van der Waals surface area contributed by atoms with Crippen molar-refractivity contribution in [3.63, 3.8) is 0 Å². The van der Waals surface area contributed by atoms with Crippen molar-refractivity contribution >= 4 is 6.09 Å². The highest BCUT2D eigenvalue weighted by Gasteiger charge is 2.47. The molecule has 0 radical (unpaired) electrons. The summed E-state index contributed by atoms with van der Waals surface area (Å²) in [5.41, 5.74) is 0.172. The molecule has 2 aliphatic rings. The van der Waals surface area contributed by atoms with E-state index in [-0.39, 0.29) is 18.3 Å². The summed E-state index contributed by atoms with van der Waals surface area (Å²) >= 11 is 0. The lowest BCUT2D eigenvalue weighted by Crippen LogP contribution is -2.59. The van der Waals surface area contributed by atoms with Crippen LogP contribution in [0.15, 0.2) is 24.3 Å². The Balaban J connectivity index is 1.67. The van der Waals surface area contributed by atoms with E-state index in [1.807, 2.05) is 0 Å². The predicted molar refractivity (Wildman–Crippen MR) is 102 cm³/mol. The van der Waals surface area contributed by atoms with Crippen molar-refractivity contribution in [2.75, 3.05) is 13.1 Å². The van der Waals surface area contributed by atoms with Gasteiger partial charge in [-0.2, -0.15) is 0 Å². The van der Waals surface area contributed by atoms with Gasteiger partial charge >= 0.3 is 6.09 Å². The molecule has 3 unspecified atom stereocenters. The Labute approximate surface area is 169 Å². The lowest BCUT2D eigenvalue weighted by Gasteiger charge is -2.41. The Morgan fingerprint density at radius 1 is 1.24 bits per heavy atom. The van der Waals surface area contributed by atoms with Crippen LogP contribution < -0.4 is 5.32 Å². The molecule has 2 N–H and O–H groups in total. The van der Waals surface area contributed by atoms with Crippen molar-refractivity contribution < 1.29 is 27.8 Å². The van der Waals surface area contributed by atoms with E-state index in [1.165, 1.54) is 12.1 Å². The average molecular weight is 414 g/mol. The molecule has 1 aromatic carbocycles. The van der Waals surface area contributed by atoms with Gasteiger partial charge in [-0.15, -0.1) is 0 Å². The van der Waals surface area contributed by atoms with Gasteiger partial charge in [0.15, 0.2) is 0 Å². The number of alkyl halides is 2. The van der Waals surface area contributed by atoms with E-state index in [2.05, 4.69) is 5.32 Å². The summed E-state index contributed by atoms with van der Waals surface area (Å²) < 4.78 is 47.1. The van der Waals surface area contributed by atoms with Crippen molar-refractivity contribution in [3.05, 3.63) is 35.6 Å². The standard InChI is InChI=1S/C21H29F3N2O3/c1-20(2,3)29-19(28)25-16-10-21(23,24)12-26(11-16)17-8-14(9-18(17)27)13-4-6-15(22)7-5-13/h4-7,14,16-18,27H,8-12H2,1-3H3,(H,25,28)/t14?,16-,17?,18?/m1/s1. The molecule has 1 aromatic rings. The molecule has 0 bridgehead atoms. The Hall–Kier alpha value is -1.80. The van der Waals surface area contributed by atoms with Crippen LogP contribution >= 0.6 is 0 Å². The SMILES string of the molecule is CC(C)(C)OC(=O)N[C@H]1CN(C2CC(c3ccc(F)cc3)CC2O)CC(F)(F)C1. The van der Waals surface area contributed by atoms with Gasteiger partial charge in [-0.25, -0.2) is 18.0 Å². The lowest BCUT2D eigenvalue weighted by molar-refractivity contribution is -0.0953. The number of carbonyl (C=O) groups is 1. The minimum Gasteiger partial charge on any atom is -0.444 e. The van der Waals surface area contributed by atoms with E-state index in [1.54, 1.807) is 37.8 Å². The van der Waals surface area contributed by atoms with Gasteiger partial charge in [0.1, 0.15) is 11.4 Å². The van der Waals surface area contributed by atoms with Crippen LogP contribution in [0.3, 0.4) is 0 Å². The molecule has 1 saturated carbocycles. The van der Waals surface area contributed by atoms with E-state index >= 15 is 0 Å². The van der Waals surface area contributed by atoms with Crippen molar-refractivity contribution in [3.8, 4) is 0 Å². The lowest BCUT2D eigenvalue weighted by atomic mass is 9.96. The number of benzene rings is 1. The normalized spacial score (nSPS) is 30.2. The molecule has 1 amide bonds. The Bertz CT molecular complexity index is 721. The van der Waals surface area contributed by atoms with Gasteiger partial charge in [-0.05, 0) is 57.2 Å². The molecular weight excluding hydrogens is 385 g/mol. The number of likely N-dealkylation sites (tertiary alicyclic amines) is 1. The minimum atomic E-state index is -2.98. The average Bonchev–Trinajstić information content (AvgIpc) is 2.94. The van der Waals surface area contributed by atoms with Crippen LogP contribution in [0.4, 0.5) is 18.0 Å². The highest BCUT2D eigenvalue weighted by Crippen LogP contribution is 2.39. The number of alkyl carbamates (subject to hydrolysis) is 1. The summed E-state index contributed by atoms with van der Waals surface area (Å²) in [4.78, 5) is 13.6. The molecule has 2 fully saturated rings. The number of aliphatic hydroxyl groups excluding tert-OH is 1. The van der Waals surface area contributed by atoms with E-state index in [0.29, 0.717) is 12.8 Å². The maximum atomic E-state index is 14.4. The summed E-state index contributed by atoms with van der Waals surface area (Å²) in [6.07, 6.45) is -1.02. The van der Waals surface area contributed by atoms with Crippen LogP contribution in [-0.4, -0.2) is 58.9 Å². The van der Waals surface area contributed by atoms with Crippen LogP contribution in [0.2, 0.25) is 0 Å². The fraction of sp³-hybridized carbons (Fsp3) is 0.667. The first-order chi connectivity index (χ1) is 13.4. The highest BCUT2D eigenvalue weighted by molar-refractivity contribution is 5.68. The van der Waals surface area contributed by atoms with Crippen LogP contribution in [0.1, 0.15) is 51.5 Å². The Morgan fingerprint density at radius 2 is 1.90 bits per heavy atom. The molecular formula is C21H29F3N2O3. The van der Waals surface area contributed by atoms with Gasteiger partial charge in [-0.1, -0.05) is 12.1 Å². The van der Waals surface area contributed by atoms with Crippen LogP contribution in [0.5, 0.6) is 0 Å². The second kappa shape index (κ2) is 8.14. The summed E-state index contributed by atoms with van der Waals surface area (Å²) in [6.45, 7) is 4.88. The minimum absolute atomic E-state index is 0.0246. The molecule has 1 saturated heterocycles. The zero-order chi connectivity index (χ0) is 21.4. The summed E-state index contributed by atoms with van der Waals surface area (Å²) in [6, 6.07) is 4.86. The van der Waals surface area contributed by atoms with Crippen molar-refractivity contribution in [1.82, 2.24) is 10.2 Å². The fourth-order valence-corrected chi connectivity index (χ4v) is 4.35. The Morgan fingerprint density at radius 3 is 2.52 bits per heavy atom. The molecule has 0 spiro atoms. The van der Waals surface area contributed by atoms with Gasteiger partial charge in [0.2, 0.25) is 0 Å². The molecule has 1 heterocycles. The number of nitrogens with one attached hydrogen (secondary N) is 1. The molecule has 3 rings (SSSR count). The number of ether oxygens (including phenoxy) is 1. The van der Waals surface area contributed by atoms with Gasteiger partial charge in [0.05, 0.1) is 18.7 Å². The third-order valence-corrected chi connectivity index (χ3v) is 5.46. The van der Waals surface area contributed by atoms with Crippen molar-refractivity contribution in [2.24, 2.45) is 0 Å². The van der Waals surface area contributed by atoms with E-state index in [4.69, 9.17) is 4.74 Å². The number of halogens is 3. The number of carbonyl (C=O) groups excluding carboxylic acids is 1. The molecule has 29 heavy (non-hydrogen) atoms. The number of rotatable bonds is 3. The monoisotopic (exact) mass is 414 g/mol. The van der Waals surface area contributed by atoms with Crippen molar-refractivity contribution in [1.29, 1.82) is 0 Å². The first kappa shape index (κ1) is 21.9. The fourth-order valence-electron chi connectivity index (χ4n) is 4.35. The van der Waals surface area contributed by atoms with Gasteiger partial charge in [-0.3, -0.25) is 4.90 Å². The number of nitrogens with zero attached hydrogens (tertiary/aromatic N) is 1. The topological polar surface area (TPSA) is 61.8 Å². The molecule has 4 atom stereocenters. The smallest absolute Gasteiger partial charge is 0.407 e. The van der Waals surface area contributed by atoms with Gasteiger partial charge < -0.3 is 15.2 Å². The summed E-state index contributed by atoms with van der Waals surface area (Å²) in [5, 5.41) is 13.1. The quantitative estimate of drug-likeness (QED) is 0.792. The van der Waals surface area contributed by atoms with E-state index in [9.17, 15) is 23.1 Å². The zero-order valence-electron chi connectivity index (χ0n) is 17.0. The molecule has 1 aliphatic carbocycles. The number of amides is 1. The summed E-state index contributed by atoms with van der Waals surface area (Å²) in [7, 11) is 0. The number of hydrogen-bond donors (Lipinski definition) is 2. The maximum Gasteiger partial charge on any atom is 0.407 e. The van der Waals surface area contributed by atoms with E-state index in [0.717, 1.165) is 5.56 Å². The Kier molecular flexibility index (Phi) is 6.15.